The highest BCUT2D eigenvalue weighted by Gasteiger charge is 2.13. The van der Waals surface area contributed by atoms with Crippen LogP contribution in [0.5, 0.6) is 0 Å². The van der Waals surface area contributed by atoms with E-state index in [1.165, 1.54) is 23.9 Å². The van der Waals surface area contributed by atoms with Gasteiger partial charge in [-0.15, -0.1) is 5.10 Å². The minimum atomic E-state index is -0.239. The molecule has 0 radical (unpaired) electrons. The van der Waals surface area contributed by atoms with E-state index in [4.69, 9.17) is 5.73 Å². The van der Waals surface area contributed by atoms with Gasteiger partial charge in [-0.2, -0.15) is 0 Å². The Kier molecular flexibility index (Phi) is 4.11. The van der Waals surface area contributed by atoms with Crippen molar-refractivity contribution < 1.29 is 21.9 Å². The van der Waals surface area contributed by atoms with Crippen LogP contribution in [0.3, 0.4) is 0 Å². The van der Waals surface area contributed by atoms with Crippen LogP contribution in [0.2, 0.25) is 0 Å². The molecular formula is C9H9ClFN3S. The number of thioether (sulfide) groups is 1. The summed E-state index contributed by atoms with van der Waals surface area (Å²) in [6, 6.07) is 6.25. The number of benzene rings is 1. The second-order valence-electron chi connectivity index (χ2n) is 2.83. The molecular weight excluding hydrogens is 237 g/mol. The molecule has 1 aromatic carbocycles. The van der Waals surface area contributed by atoms with Crippen LogP contribution >= 0.6 is 11.8 Å². The lowest BCUT2D eigenvalue weighted by Gasteiger charge is -2.05. The summed E-state index contributed by atoms with van der Waals surface area (Å²) in [7, 11) is 0. The first-order chi connectivity index (χ1) is 6.75. The molecule has 0 amide bonds. The van der Waals surface area contributed by atoms with Gasteiger partial charge in [0.1, 0.15) is 11.5 Å². The first-order valence-corrected chi connectivity index (χ1v) is 5.08. The zero-order valence-electron chi connectivity index (χ0n) is 7.71. The van der Waals surface area contributed by atoms with Gasteiger partial charge in [0.15, 0.2) is 0 Å². The number of hydrogen-bond acceptors (Lipinski definition) is 3. The van der Waals surface area contributed by atoms with Gasteiger partial charge >= 0.3 is 5.17 Å². The lowest BCUT2D eigenvalue weighted by atomic mass is 10.1. The maximum atomic E-state index is 12.6. The van der Waals surface area contributed by atoms with Crippen molar-refractivity contribution in [2.75, 3.05) is 5.75 Å². The summed E-state index contributed by atoms with van der Waals surface area (Å²) < 4.78 is 12.6. The lowest BCUT2D eigenvalue weighted by molar-refractivity contribution is -0.460. The number of hydrogen-bond donors (Lipinski definition) is 2. The van der Waals surface area contributed by atoms with Crippen molar-refractivity contribution in [3.8, 4) is 0 Å². The molecule has 0 bridgehead atoms. The fourth-order valence-corrected chi connectivity index (χ4v) is 1.76. The van der Waals surface area contributed by atoms with Crippen LogP contribution in [0, 0.1) is 5.82 Å². The van der Waals surface area contributed by atoms with Gasteiger partial charge in [0, 0.05) is 5.56 Å². The summed E-state index contributed by atoms with van der Waals surface area (Å²) in [5.74, 6) is 0.474. The molecule has 15 heavy (non-hydrogen) atoms. The molecule has 3 nitrogen and oxygen atoms in total. The van der Waals surface area contributed by atoms with Crippen LogP contribution in [0.25, 0.3) is 0 Å². The molecule has 0 aromatic heterocycles. The molecule has 0 fully saturated rings. The van der Waals surface area contributed by atoms with Crippen molar-refractivity contribution >= 4 is 22.6 Å². The molecule has 0 unspecified atom stereocenters. The molecule has 80 valence electrons. The SMILES string of the molecule is NC1=[NH+]N=C(c2ccc(F)cc2)CS1.[Cl-]. The number of hydrazone groups is 1. The van der Waals surface area contributed by atoms with Crippen LogP contribution in [0.1, 0.15) is 5.56 Å². The van der Waals surface area contributed by atoms with Gasteiger partial charge in [-0.25, -0.2) is 4.39 Å². The molecule has 3 N–H and O–H groups in total. The molecule has 0 saturated heterocycles. The largest absolute Gasteiger partial charge is 1.00 e. The third-order valence-corrected chi connectivity index (χ3v) is 2.66. The summed E-state index contributed by atoms with van der Waals surface area (Å²) in [5, 5.41) is 7.36. The molecule has 1 aliphatic heterocycles. The Morgan fingerprint density at radius 1 is 1.33 bits per heavy atom. The third kappa shape index (κ3) is 2.94. The Morgan fingerprint density at radius 2 is 2.00 bits per heavy atom. The Hall–Kier alpha value is -1.07. The van der Waals surface area contributed by atoms with E-state index in [1.54, 1.807) is 12.1 Å². The van der Waals surface area contributed by atoms with Crippen molar-refractivity contribution in [3.05, 3.63) is 35.6 Å². The van der Waals surface area contributed by atoms with Crippen molar-refractivity contribution in [1.29, 1.82) is 0 Å². The van der Waals surface area contributed by atoms with Crippen LogP contribution < -0.4 is 23.2 Å². The van der Waals surface area contributed by atoms with Crippen LogP contribution in [-0.2, 0) is 0 Å². The number of amidine groups is 1. The van der Waals surface area contributed by atoms with E-state index < -0.39 is 0 Å². The molecule has 2 rings (SSSR count). The Bertz CT molecular complexity index is 402. The molecule has 0 aliphatic carbocycles. The molecule has 0 saturated carbocycles. The van der Waals surface area contributed by atoms with Gasteiger partial charge in [-0.1, -0.05) is 17.2 Å². The Balaban J connectivity index is 0.00000112. The standard InChI is InChI=1S/C9H8FN3S.ClH/c10-7-3-1-6(2-4-7)8-5-14-9(11)13-12-8;/h1-4H,5H2,(H2,11,13);1H. The summed E-state index contributed by atoms with van der Waals surface area (Å²) in [6.07, 6.45) is 0. The van der Waals surface area contributed by atoms with Crippen molar-refractivity contribution in [2.24, 2.45) is 10.8 Å². The molecule has 0 spiro atoms. The molecule has 6 heteroatoms. The first-order valence-electron chi connectivity index (χ1n) is 4.09. The van der Waals surface area contributed by atoms with E-state index >= 15 is 0 Å². The van der Waals surface area contributed by atoms with Crippen LogP contribution in [0.4, 0.5) is 4.39 Å². The van der Waals surface area contributed by atoms with Crippen LogP contribution in [-0.4, -0.2) is 16.6 Å². The predicted octanol–water partition coefficient (Wildman–Crippen LogP) is -3.32. The quantitative estimate of drug-likeness (QED) is 0.544. The van der Waals surface area contributed by atoms with Gasteiger partial charge in [0.2, 0.25) is 0 Å². The summed E-state index contributed by atoms with van der Waals surface area (Å²) >= 11 is 1.48. The van der Waals surface area contributed by atoms with E-state index in [9.17, 15) is 4.39 Å². The number of rotatable bonds is 1. The summed E-state index contributed by atoms with van der Waals surface area (Å²) in [4.78, 5) is 0. The number of nitrogens with zero attached hydrogens (tertiary/aromatic N) is 1. The van der Waals surface area contributed by atoms with E-state index in [-0.39, 0.29) is 18.2 Å². The summed E-state index contributed by atoms with van der Waals surface area (Å²) in [5.41, 5.74) is 7.30. The van der Waals surface area contributed by atoms with Gasteiger partial charge in [0.05, 0.1) is 5.75 Å². The number of nitrogens with one attached hydrogen (secondary N) is 1. The second kappa shape index (κ2) is 5.14. The fraction of sp³-hybridized carbons (Fsp3) is 0.111. The van der Waals surface area contributed by atoms with E-state index in [2.05, 4.69) is 10.2 Å². The molecule has 1 aromatic rings. The Labute approximate surface area is 97.1 Å². The van der Waals surface area contributed by atoms with E-state index in [0.717, 1.165) is 11.3 Å². The zero-order valence-corrected chi connectivity index (χ0v) is 9.28. The normalized spacial score (nSPS) is 15.0. The number of halogens is 2. The van der Waals surface area contributed by atoms with Crippen molar-refractivity contribution in [2.45, 2.75) is 0 Å². The van der Waals surface area contributed by atoms with Gasteiger partial charge in [-0.3, -0.25) is 5.73 Å². The fourth-order valence-electron chi connectivity index (χ4n) is 1.12. The van der Waals surface area contributed by atoms with Gasteiger partial charge in [0.25, 0.3) is 0 Å². The minimum absolute atomic E-state index is 0. The monoisotopic (exact) mass is 245 g/mol. The maximum Gasteiger partial charge on any atom is 0.327 e. The predicted molar refractivity (Wildman–Crippen MR) is 55.6 cm³/mol. The first kappa shape index (κ1) is 12.0. The highest BCUT2D eigenvalue weighted by atomic mass is 35.5. The highest BCUT2D eigenvalue weighted by molar-refractivity contribution is 8.14. The van der Waals surface area contributed by atoms with Gasteiger partial charge < -0.3 is 12.4 Å². The smallest absolute Gasteiger partial charge is 0.327 e. The van der Waals surface area contributed by atoms with Gasteiger partial charge in [-0.05, 0) is 23.9 Å². The average molecular weight is 246 g/mol. The minimum Gasteiger partial charge on any atom is -1.00 e. The second-order valence-corrected chi connectivity index (χ2v) is 3.85. The summed E-state index contributed by atoms with van der Waals surface area (Å²) in [6.45, 7) is 0. The average Bonchev–Trinajstić information content (AvgIpc) is 2.21. The van der Waals surface area contributed by atoms with E-state index in [1.807, 2.05) is 0 Å². The Morgan fingerprint density at radius 3 is 2.53 bits per heavy atom. The van der Waals surface area contributed by atoms with Crippen molar-refractivity contribution in [3.63, 3.8) is 0 Å². The van der Waals surface area contributed by atoms with E-state index in [0.29, 0.717) is 10.9 Å². The van der Waals surface area contributed by atoms with Crippen molar-refractivity contribution in [1.82, 2.24) is 0 Å². The molecule has 1 aliphatic rings. The topological polar surface area (TPSA) is 52.4 Å². The lowest BCUT2D eigenvalue weighted by Crippen LogP contribution is -3.00. The maximum absolute atomic E-state index is 12.6. The zero-order chi connectivity index (χ0) is 9.97. The molecule has 1 heterocycles. The number of nitrogens with two attached hydrogens (primary N) is 1. The van der Waals surface area contributed by atoms with Crippen LogP contribution in [0.15, 0.2) is 29.4 Å². The highest BCUT2D eigenvalue weighted by Crippen LogP contribution is 2.09. The molecule has 0 atom stereocenters. The third-order valence-electron chi connectivity index (χ3n) is 1.84.